The Morgan fingerprint density at radius 2 is 1.85 bits per heavy atom. The highest BCUT2D eigenvalue weighted by Crippen LogP contribution is 2.34. The molecular weight excluding hydrogens is 705 g/mol. The first-order chi connectivity index (χ1) is 24.8. The molecule has 0 bridgehead atoms. The van der Waals surface area contributed by atoms with Crippen LogP contribution in [0.1, 0.15) is 47.7 Å². The van der Waals surface area contributed by atoms with Gasteiger partial charge in [0.1, 0.15) is 24.4 Å². The van der Waals surface area contributed by atoms with Crippen LogP contribution < -0.4 is 25.9 Å². The normalized spacial score (nSPS) is 16.8. The fraction of sp³-hybridized carbons (Fsp3) is 0.441. The van der Waals surface area contributed by atoms with Crippen molar-refractivity contribution in [3.63, 3.8) is 0 Å². The third-order valence-electron chi connectivity index (χ3n) is 9.41. The summed E-state index contributed by atoms with van der Waals surface area (Å²) in [4.78, 5) is 64.6. The average Bonchev–Trinajstić information content (AvgIpc) is 3.13. The van der Waals surface area contributed by atoms with E-state index in [1.807, 2.05) is 23.6 Å². The predicted octanol–water partition coefficient (Wildman–Crippen LogP) is 3.62. The lowest BCUT2D eigenvalue weighted by Crippen LogP contribution is -2.56. The minimum absolute atomic E-state index is 0.00730. The number of aryl methyl sites for hydroxylation is 1. The van der Waals surface area contributed by atoms with Crippen molar-refractivity contribution in [2.75, 3.05) is 60.9 Å². The van der Waals surface area contributed by atoms with Gasteiger partial charge in [0.25, 0.3) is 5.91 Å². The lowest BCUT2D eigenvalue weighted by atomic mass is 10.0. The highest BCUT2D eigenvalue weighted by molar-refractivity contribution is 6.33. The van der Waals surface area contributed by atoms with Crippen LogP contribution in [0.15, 0.2) is 35.5 Å². The number of anilines is 3. The molecule has 3 N–H and O–H groups in total. The van der Waals surface area contributed by atoms with E-state index in [2.05, 4.69) is 25.6 Å². The van der Waals surface area contributed by atoms with Gasteiger partial charge in [-0.2, -0.15) is 13.2 Å². The van der Waals surface area contributed by atoms with Gasteiger partial charge in [-0.3, -0.25) is 14.4 Å². The highest BCUT2D eigenvalue weighted by Gasteiger charge is 2.35. The first-order valence-electron chi connectivity index (χ1n) is 16.9. The molecule has 0 radical (unpaired) electrons. The molecule has 5 heterocycles. The molecule has 18 heteroatoms. The van der Waals surface area contributed by atoms with Crippen LogP contribution in [0.3, 0.4) is 0 Å². The quantitative estimate of drug-likeness (QED) is 0.242. The Bertz CT molecular complexity index is 2070. The van der Waals surface area contributed by atoms with Gasteiger partial charge in [0, 0.05) is 57.5 Å². The first kappa shape index (κ1) is 36.8. The molecule has 1 unspecified atom stereocenters. The van der Waals surface area contributed by atoms with E-state index >= 15 is 0 Å². The molecule has 2 fully saturated rings. The Morgan fingerprint density at radius 1 is 1.10 bits per heavy atom. The maximum atomic E-state index is 14.6. The van der Waals surface area contributed by atoms with Crippen molar-refractivity contribution in [1.82, 2.24) is 34.7 Å². The SMILES string of the molecule is CCc1c(N2CCN(C(=O)c3ncnc(C)c3O)CC2CC)c(=O)c2nc(N3CCNCC3)cnc2n1CC(=O)Nc1ccc(C(F)(F)F)cc1Cl. The molecule has 276 valence electrons. The van der Waals surface area contributed by atoms with Crippen molar-refractivity contribution < 1.29 is 27.9 Å². The van der Waals surface area contributed by atoms with Crippen LogP contribution in [0.4, 0.5) is 30.4 Å². The summed E-state index contributed by atoms with van der Waals surface area (Å²) < 4.78 is 41.3. The monoisotopic (exact) mass is 742 g/mol. The predicted molar refractivity (Wildman–Crippen MR) is 189 cm³/mol. The number of benzene rings is 1. The third kappa shape index (κ3) is 7.19. The molecule has 1 aromatic carbocycles. The van der Waals surface area contributed by atoms with Crippen LogP contribution in [-0.2, 0) is 23.9 Å². The number of nitrogens with zero attached hydrogens (tertiary/aromatic N) is 8. The number of fused-ring (bicyclic) bond motifs is 1. The van der Waals surface area contributed by atoms with Crippen molar-refractivity contribution in [2.45, 2.75) is 52.4 Å². The van der Waals surface area contributed by atoms with Gasteiger partial charge in [-0.1, -0.05) is 25.4 Å². The van der Waals surface area contributed by atoms with Gasteiger partial charge in [0.15, 0.2) is 22.6 Å². The molecule has 4 aromatic rings. The van der Waals surface area contributed by atoms with Crippen LogP contribution >= 0.6 is 11.6 Å². The van der Waals surface area contributed by atoms with E-state index in [1.165, 1.54) is 6.33 Å². The molecule has 0 saturated carbocycles. The van der Waals surface area contributed by atoms with E-state index in [9.17, 15) is 32.7 Å². The summed E-state index contributed by atoms with van der Waals surface area (Å²) in [5, 5.41) is 16.1. The van der Waals surface area contributed by atoms with Gasteiger partial charge in [-0.25, -0.2) is 19.9 Å². The van der Waals surface area contributed by atoms with Crippen LogP contribution in [0, 0.1) is 6.92 Å². The average molecular weight is 743 g/mol. The summed E-state index contributed by atoms with van der Waals surface area (Å²) >= 11 is 6.15. The number of pyridine rings is 1. The number of nitrogens with one attached hydrogen (secondary N) is 2. The molecule has 14 nitrogen and oxygen atoms in total. The molecule has 0 spiro atoms. The minimum Gasteiger partial charge on any atom is -0.504 e. The number of aromatic hydroxyl groups is 1. The Hall–Kier alpha value is -5.03. The minimum atomic E-state index is -4.61. The lowest BCUT2D eigenvalue weighted by Gasteiger charge is -2.43. The van der Waals surface area contributed by atoms with Gasteiger partial charge in [-0.15, -0.1) is 0 Å². The van der Waals surface area contributed by atoms with E-state index < -0.39 is 23.6 Å². The number of hydrogen-bond donors (Lipinski definition) is 3. The summed E-state index contributed by atoms with van der Waals surface area (Å²) in [6.45, 7) is 8.44. The lowest BCUT2D eigenvalue weighted by molar-refractivity contribution is -0.137. The summed E-state index contributed by atoms with van der Waals surface area (Å²) in [5.74, 6) is -0.847. The number of aromatic nitrogens is 5. The molecule has 2 saturated heterocycles. The number of carbonyl (C=O) groups excluding carboxylic acids is 2. The largest absolute Gasteiger partial charge is 0.504 e. The summed E-state index contributed by atoms with van der Waals surface area (Å²) in [6.07, 6.45) is -0.977. The molecule has 2 aliphatic rings. The molecule has 2 aliphatic heterocycles. The smallest absolute Gasteiger partial charge is 0.416 e. The van der Waals surface area contributed by atoms with E-state index in [0.717, 1.165) is 31.3 Å². The third-order valence-corrected chi connectivity index (χ3v) is 9.72. The summed E-state index contributed by atoms with van der Waals surface area (Å²) in [5.41, 5.74) is -0.112. The molecule has 1 atom stereocenters. The van der Waals surface area contributed by atoms with Crippen molar-refractivity contribution in [2.24, 2.45) is 0 Å². The summed E-state index contributed by atoms with van der Waals surface area (Å²) in [7, 11) is 0. The van der Waals surface area contributed by atoms with Crippen LogP contribution in [-0.4, -0.2) is 98.2 Å². The first-order valence-corrected chi connectivity index (χ1v) is 17.3. The van der Waals surface area contributed by atoms with Gasteiger partial charge in [-0.05, 0) is 38.0 Å². The van der Waals surface area contributed by atoms with E-state index in [4.69, 9.17) is 16.6 Å². The van der Waals surface area contributed by atoms with E-state index in [1.54, 1.807) is 22.6 Å². The van der Waals surface area contributed by atoms with Gasteiger partial charge < -0.3 is 35.0 Å². The number of amides is 2. The van der Waals surface area contributed by atoms with Crippen molar-refractivity contribution in [1.29, 1.82) is 0 Å². The molecule has 6 rings (SSSR count). The number of alkyl halides is 3. The zero-order valence-corrected chi connectivity index (χ0v) is 29.6. The van der Waals surface area contributed by atoms with E-state index in [-0.39, 0.29) is 76.7 Å². The number of carbonyl (C=O) groups is 2. The number of halogens is 4. The Balaban J connectivity index is 1.40. The number of piperazine rings is 2. The number of rotatable bonds is 8. The fourth-order valence-electron chi connectivity index (χ4n) is 6.68. The van der Waals surface area contributed by atoms with Gasteiger partial charge in [0.05, 0.1) is 28.2 Å². The molecule has 52 heavy (non-hydrogen) atoms. The molecular formula is C34H38ClF3N10O4. The topological polar surface area (TPSA) is 162 Å². The van der Waals surface area contributed by atoms with Gasteiger partial charge >= 0.3 is 6.18 Å². The van der Waals surface area contributed by atoms with Crippen LogP contribution in [0.25, 0.3) is 11.2 Å². The zero-order chi connectivity index (χ0) is 37.3. The van der Waals surface area contributed by atoms with Crippen LogP contribution in [0.2, 0.25) is 5.02 Å². The van der Waals surface area contributed by atoms with Crippen LogP contribution in [0.5, 0.6) is 5.75 Å². The van der Waals surface area contributed by atoms with Gasteiger partial charge in [0.2, 0.25) is 11.3 Å². The summed E-state index contributed by atoms with van der Waals surface area (Å²) in [6, 6.07) is 2.33. The van der Waals surface area contributed by atoms with Crippen molar-refractivity contribution in [3.8, 4) is 5.75 Å². The standard InChI is InChI=1S/C34H38ClF3N10O4/c1-4-21-16-46(33(52)28-30(50)19(3)41-18-42-28)12-13-47(21)29-24(5-2)48(17-26(49)43-23-7-6-20(14-22(23)35)34(36,37)38)32-27(31(29)51)44-25(15-40-32)45-10-8-39-9-11-45/h6-7,14-15,18,21,39,50H,4-5,8-13,16-17H2,1-3H3,(H,43,49). The Labute approximate surface area is 301 Å². The van der Waals surface area contributed by atoms with Crippen molar-refractivity contribution >= 4 is 51.8 Å². The number of hydrogen-bond acceptors (Lipinski definition) is 11. The zero-order valence-electron chi connectivity index (χ0n) is 28.8. The fourth-order valence-corrected chi connectivity index (χ4v) is 6.90. The molecule has 3 aromatic heterocycles. The molecule has 2 amide bonds. The Morgan fingerprint density at radius 3 is 2.52 bits per heavy atom. The molecule has 0 aliphatic carbocycles. The van der Waals surface area contributed by atoms with E-state index in [0.29, 0.717) is 43.1 Å². The second-order valence-electron chi connectivity index (χ2n) is 12.6. The highest BCUT2D eigenvalue weighted by atomic mass is 35.5. The van der Waals surface area contributed by atoms with Crippen molar-refractivity contribution in [3.05, 3.63) is 68.6 Å². The Kier molecular flexibility index (Phi) is 10.5. The second kappa shape index (κ2) is 14.9. The second-order valence-corrected chi connectivity index (χ2v) is 13.0. The maximum Gasteiger partial charge on any atom is 0.416 e. The maximum absolute atomic E-state index is 14.6.